The van der Waals surface area contributed by atoms with Crippen molar-refractivity contribution in [2.75, 3.05) is 6.54 Å². The van der Waals surface area contributed by atoms with Gasteiger partial charge in [-0.25, -0.2) is 9.37 Å². The number of hydrogen-bond acceptors (Lipinski definition) is 4. The number of aromatic nitrogens is 1. The van der Waals surface area contributed by atoms with Crippen LogP contribution < -0.4 is 5.32 Å². The molecular weight excluding hydrogens is 351 g/mol. The van der Waals surface area contributed by atoms with Crippen LogP contribution in [-0.2, 0) is 12.8 Å². The van der Waals surface area contributed by atoms with Gasteiger partial charge in [0.05, 0.1) is 10.7 Å². The summed E-state index contributed by atoms with van der Waals surface area (Å²) in [5, 5.41) is 13.2. The number of phenols is 1. The van der Waals surface area contributed by atoms with E-state index in [0.29, 0.717) is 30.0 Å². The minimum Gasteiger partial charge on any atom is -0.508 e. The topological polar surface area (TPSA) is 62.2 Å². The second kappa shape index (κ2) is 8.10. The molecule has 134 valence electrons. The summed E-state index contributed by atoms with van der Waals surface area (Å²) in [6, 6.07) is 13.3. The fourth-order valence-corrected chi connectivity index (χ4v) is 3.64. The summed E-state index contributed by atoms with van der Waals surface area (Å²) in [4.78, 5) is 17.4. The fourth-order valence-electron chi connectivity index (χ4n) is 2.63. The van der Waals surface area contributed by atoms with Crippen molar-refractivity contribution in [3.63, 3.8) is 0 Å². The van der Waals surface area contributed by atoms with Gasteiger partial charge in [0.1, 0.15) is 16.4 Å². The monoisotopic (exact) mass is 370 g/mol. The highest BCUT2D eigenvalue weighted by Crippen LogP contribution is 2.21. The standard InChI is InChI=1S/C20H19FN2O2S/c1-13-19(20(25)22-10-9-14-3-2-4-17(24)11-14)26-18(23-13)12-15-5-7-16(21)8-6-15/h2-8,11,24H,9-10,12H2,1H3,(H,22,25). The summed E-state index contributed by atoms with van der Waals surface area (Å²) < 4.78 is 13.0. The van der Waals surface area contributed by atoms with E-state index in [4.69, 9.17) is 0 Å². The van der Waals surface area contributed by atoms with Gasteiger partial charge in [-0.05, 0) is 48.7 Å². The molecule has 0 saturated carbocycles. The first kappa shape index (κ1) is 18.1. The maximum absolute atomic E-state index is 13.0. The lowest BCUT2D eigenvalue weighted by atomic mass is 10.1. The van der Waals surface area contributed by atoms with Gasteiger partial charge in [0.25, 0.3) is 5.91 Å². The Bertz CT molecular complexity index is 906. The van der Waals surface area contributed by atoms with Crippen LogP contribution in [0.3, 0.4) is 0 Å². The number of carbonyl (C=O) groups excluding carboxylic acids is 1. The molecule has 1 amide bonds. The first-order valence-corrected chi connectivity index (χ1v) is 9.10. The van der Waals surface area contributed by atoms with Crippen molar-refractivity contribution < 1.29 is 14.3 Å². The maximum atomic E-state index is 13.0. The van der Waals surface area contributed by atoms with Crippen LogP contribution in [0.4, 0.5) is 4.39 Å². The van der Waals surface area contributed by atoms with Crippen molar-refractivity contribution in [2.45, 2.75) is 19.8 Å². The molecule has 1 heterocycles. The number of amides is 1. The van der Waals surface area contributed by atoms with E-state index in [1.54, 1.807) is 30.3 Å². The highest BCUT2D eigenvalue weighted by Gasteiger charge is 2.15. The lowest BCUT2D eigenvalue weighted by Gasteiger charge is -2.04. The molecule has 0 atom stereocenters. The lowest BCUT2D eigenvalue weighted by molar-refractivity contribution is 0.0957. The summed E-state index contributed by atoms with van der Waals surface area (Å²) >= 11 is 1.36. The Morgan fingerprint density at radius 2 is 1.96 bits per heavy atom. The molecule has 0 aliphatic carbocycles. The molecule has 6 heteroatoms. The summed E-state index contributed by atoms with van der Waals surface area (Å²) in [6.45, 7) is 2.29. The highest BCUT2D eigenvalue weighted by atomic mass is 32.1. The first-order chi connectivity index (χ1) is 12.5. The number of carbonyl (C=O) groups is 1. The van der Waals surface area contributed by atoms with Crippen LogP contribution in [0.15, 0.2) is 48.5 Å². The van der Waals surface area contributed by atoms with Crippen molar-refractivity contribution in [1.29, 1.82) is 0 Å². The molecule has 4 nitrogen and oxygen atoms in total. The molecule has 2 aromatic carbocycles. The lowest BCUT2D eigenvalue weighted by Crippen LogP contribution is -2.25. The summed E-state index contributed by atoms with van der Waals surface area (Å²) in [6.07, 6.45) is 1.21. The number of halogens is 1. The van der Waals surface area contributed by atoms with E-state index in [9.17, 15) is 14.3 Å². The van der Waals surface area contributed by atoms with E-state index < -0.39 is 0 Å². The quantitative estimate of drug-likeness (QED) is 0.693. The van der Waals surface area contributed by atoms with Gasteiger partial charge in [0.2, 0.25) is 0 Å². The maximum Gasteiger partial charge on any atom is 0.263 e. The fraction of sp³-hybridized carbons (Fsp3) is 0.200. The number of aromatic hydroxyl groups is 1. The van der Waals surface area contributed by atoms with E-state index in [1.165, 1.54) is 23.5 Å². The van der Waals surface area contributed by atoms with Gasteiger partial charge in [-0.2, -0.15) is 0 Å². The Labute approximate surface area is 155 Å². The van der Waals surface area contributed by atoms with Gasteiger partial charge < -0.3 is 10.4 Å². The molecule has 3 rings (SSSR count). The van der Waals surface area contributed by atoms with Crippen LogP contribution in [0.2, 0.25) is 0 Å². The molecule has 0 aliphatic rings. The molecule has 0 spiro atoms. The predicted molar refractivity (Wildman–Crippen MR) is 100 cm³/mol. The Morgan fingerprint density at radius 3 is 2.69 bits per heavy atom. The third kappa shape index (κ3) is 4.67. The van der Waals surface area contributed by atoms with Gasteiger partial charge >= 0.3 is 0 Å². The molecule has 0 fully saturated rings. The van der Waals surface area contributed by atoms with Gasteiger partial charge in [0.15, 0.2) is 0 Å². The minimum atomic E-state index is -0.268. The first-order valence-electron chi connectivity index (χ1n) is 8.28. The number of rotatable bonds is 6. The van der Waals surface area contributed by atoms with E-state index in [2.05, 4.69) is 10.3 Å². The molecule has 0 bridgehead atoms. The predicted octanol–water partition coefficient (Wildman–Crippen LogP) is 3.86. The normalized spacial score (nSPS) is 10.7. The summed E-state index contributed by atoms with van der Waals surface area (Å²) in [5.74, 6) is -0.195. The van der Waals surface area contributed by atoms with Crippen LogP contribution in [0.25, 0.3) is 0 Å². The molecule has 0 saturated heterocycles. The van der Waals surface area contributed by atoms with E-state index in [-0.39, 0.29) is 17.5 Å². The van der Waals surface area contributed by atoms with Crippen molar-refractivity contribution >= 4 is 17.2 Å². The highest BCUT2D eigenvalue weighted by molar-refractivity contribution is 7.13. The van der Waals surface area contributed by atoms with Gasteiger partial charge in [-0.3, -0.25) is 4.79 Å². The Kier molecular flexibility index (Phi) is 5.63. The van der Waals surface area contributed by atoms with E-state index >= 15 is 0 Å². The smallest absolute Gasteiger partial charge is 0.263 e. The number of nitrogens with one attached hydrogen (secondary N) is 1. The van der Waals surface area contributed by atoms with Crippen LogP contribution in [0, 0.1) is 12.7 Å². The number of nitrogens with zero attached hydrogens (tertiary/aromatic N) is 1. The van der Waals surface area contributed by atoms with Gasteiger partial charge in [0, 0.05) is 13.0 Å². The molecule has 0 aliphatic heterocycles. The zero-order valence-electron chi connectivity index (χ0n) is 14.3. The average Bonchev–Trinajstić information content (AvgIpc) is 2.97. The molecule has 1 aromatic heterocycles. The van der Waals surface area contributed by atoms with Crippen LogP contribution in [0.5, 0.6) is 5.75 Å². The zero-order chi connectivity index (χ0) is 18.5. The SMILES string of the molecule is Cc1nc(Cc2ccc(F)cc2)sc1C(=O)NCCc1cccc(O)c1. The number of benzene rings is 2. The van der Waals surface area contributed by atoms with Crippen LogP contribution in [-0.4, -0.2) is 22.5 Å². The Balaban J connectivity index is 1.59. The number of phenolic OH excluding ortho intramolecular Hbond substituents is 1. The van der Waals surface area contributed by atoms with E-state index in [0.717, 1.165) is 16.1 Å². The van der Waals surface area contributed by atoms with E-state index in [1.807, 2.05) is 13.0 Å². The molecule has 0 unspecified atom stereocenters. The van der Waals surface area contributed by atoms with Crippen LogP contribution >= 0.6 is 11.3 Å². The van der Waals surface area contributed by atoms with Crippen molar-refractivity contribution in [1.82, 2.24) is 10.3 Å². The molecular formula is C20H19FN2O2S. The average molecular weight is 370 g/mol. The molecule has 2 N–H and O–H groups in total. The molecule has 26 heavy (non-hydrogen) atoms. The Hall–Kier alpha value is -2.73. The third-order valence-electron chi connectivity index (χ3n) is 3.93. The Morgan fingerprint density at radius 1 is 1.19 bits per heavy atom. The summed E-state index contributed by atoms with van der Waals surface area (Å²) in [5.41, 5.74) is 2.61. The largest absolute Gasteiger partial charge is 0.508 e. The second-order valence-corrected chi connectivity index (χ2v) is 7.08. The molecule has 0 radical (unpaired) electrons. The summed E-state index contributed by atoms with van der Waals surface area (Å²) in [7, 11) is 0. The second-order valence-electron chi connectivity index (χ2n) is 6.00. The minimum absolute atomic E-state index is 0.148. The van der Waals surface area contributed by atoms with Crippen LogP contribution in [0.1, 0.15) is 31.5 Å². The van der Waals surface area contributed by atoms with Gasteiger partial charge in [-0.15, -0.1) is 11.3 Å². The number of hydrogen-bond donors (Lipinski definition) is 2. The van der Waals surface area contributed by atoms with Crippen molar-refractivity contribution in [3.8, 4) is 5.75 Å². The molecule has 3 aromatic rings. The van der Waals surface area contributed by atoms with Crippen molar-refractivity contribution in [2.24, 2.45) is 0 Å². The zero-order valence-corrected chi connectivity index (χ0v) is 15.1. The number of thiazole rings is 1. The number of aryl methyl sites for hydroxylation is 1. The van der Waals surface area contributed by atoms with Gasteiger partial charge in [-0.1, -0.05) is 24.3 Å². The van der Waals surface area contributed by atoms with Crippen molar-refractivity contribution in [3.05, 3.63) is 81.1 Å². The third-order valence-corrected chi connectivity index (χ3v) is 5.08.